The first-order chi connectivity index (χ1) is 14.2. The number of likely N-dealkylation sites (tertiary alicyclic amines) is 1. The van der Waals surface area contributed by atoms with Gasteiger partial charge in [-0.15, -0.1) is 0 Å². The third-order valence-corrected chi connectivity index (χ3v) is 5.63. The second-order valence-electron chi connectivity index (χ2n) is 7.86. The number of hydrogen-bond acceptors (Lipinski definition) is 3. The van der Waals surface area contributed by atoms with Crippen molar-refractivity contribution in [2.75, 3.05) is 33.8 Å². The fourth-order valence-corrected chi connectivity index (χ4v) is 3.69. The summed E-state index contributed by atoms with van der Waals surface area (Å²) >= 11 is 0. The van der Waals surface area contributed by atoms with E-state index in [0.717, 1.165) is 44.4 Å². The highest BCUT2D eigenvalue weighted by molar-refractivity contribution is 5.79. The zero-order valence-electron chi connectivity index (χ0n) is 17.9. The fourth-order valence-electron chi connectivity index (χ4n) is 3.69. The molecule has 2 aromatic carbocycles. The Labute approximate surface area is 175 Å². The number of ether oxygens (including phenoxy) is 1. The summed E-state index contributed by atoms with van der Waals surface area (Å²) in [6.45, 7) is 7.19. The molecule has 2 N–H and O–H groups in total. The first-order valence-corrected chi connectivity index (χ1v) is 10.5. The summed E-state index contributed by atoms with van der Waals surface area (Å²) in [5.41, 5.74) is 3.91. The van der Waals surface area contributed by atoms with Gasteiger partial charge in [0.2, 0.25) is 0 Å². The third-order valence-electron chi connectivity index (χ3n) is 5.63. The summed E-state index contributed by atoms with van der Waals surface area (Å²) in [4.78, 5) is 6.91. The van der Waals surface area contributed by atoms with Crippen LogP contribution in [0.3, 0.4) is 0 Å². The van der Waals surface area contributed by atoms with Crippen molar-refractivity contribution in [3.63, 3.8) is 0 Å². The van der Waals surface area contributed by atoms with Crippen LogP contribution in [0.2, 0.25) is 0 Å². The first kappa shape index (κ1) is 21.2. The lowest BCUT2D eigenvalue weighted by Gasteiger charge is -2.32. The molecule has 0 atom stereocenters. The Kier molecular flexibility index (Phi) is 7.94. The van der Waals surface area contributed by atoms with Crippen LogP contribution in [0.15, 0.2) is 53.5 Å². The minimum Gasteiger partial charge on any atom is -0.497 e. The molecule has 0 amide bonds. The van der Waals surface area contributed by atoms with E-state index in [9.17, 15) is 0 Å². The van der Waals surface area contributed by atoms with Crippen molar-refractivity contribution < 1.29 is 4.74 Å². The van der Waals surface area contributed by atoms with Crippen molar-refractivity contribution >= 4 is 5.96 Å². The number of rotatable bonds is 7. The molecule has 5 heteroatoms. The van der Waals surface area contributed by atoms with Crippen LogP contribution in [0.25, 0.3) is 0 Å². The van der Waals surface area contributed by atoms with Gasteiger partial charge in [-0.2, -0.15) is 0 Å². The molecular weight excluding hydrogens is 360 g/mol. The number of guanidine groups is 1. The lowest BCUT2D eigenvalue weighted by atomic mass is 9.96. The zero-order valence-corrected chi connectivity index (χ0v) is 17.9. The molecule has 0 unspecified atom stereocenters. The molecule has 0 aliphatic carbocycles. The average molecular weight is 395 g/mol. The fraction of sp³-hybridized carbons (Fsp3) is 0.458. The van der Waals surface area contributed by atoms with Crippen LogP contribution in [-0.4, -0.2) is 44.7 Å². The maximum Gasteiger partial charge on any atom is 0.191 e. The van der Waals surface area contributed by atoms with E-state index in [1.807, 2.05) is 19.2 Å². The van der Waals surface area contributed by atoms with Crippen LogP contribution in [0, 0.1) is 12.8 Å². The van der Waals surface area contributed by atoms with Gasteiger partial charge in [0.15, 0.2) is 5.96 Å². The maximum absolute atomic E-state index is 5.24. The molecule has 1 heterocycles. The zero-order chi connectivity index (χ0) is 20.5. The summed E-state index contributed by atoms with van der Waals surface area (Å²) < 4.78 is 5.24. The van der Waals surface area contributed by atoms with E-state index >= 15 is 0 Å². The smallest absolute Gasteiger partial charge is 0.191 e. The largest absolute Gasteiger partial charge is 0.497 e. The second kappa shape index (κ2) is 10.9. The molecule has 0 saturated carbocycles. The standard InChI is InChI=1S/C24H34N4O/c1-19-4-6-20(7-5-19)16-26-24(25-2)27-17-21-12-14-28(15-13-21)18-22-8-10-23(29-3)11-9-22/h4-11,21H,12-18H2,1-3H3,(H2,25,26,27). The van der Waals surface area contributed by atoms with Gasteiger partial charge in [0.05, 0.1) is 7.11 Å². The molecule has 29 heavy (non-hydrogen) atoms. The van der Waals surface area contributed by atoms with E-state index in [-0.39, 0.29) is 0 Å². The maximum atomic E-state index is 5.24. The Morgan fingerprint density at radius 2 is 1.66 bits per heavy atom. The molecule has 5 nitrogen and oxygen atoms in total. The van der Waals surface area contributed by atoms with Crippen LogP contribution in [0.4, 0.5) is 0 Å². The van der Waals surface area contributed by atoms with Crippen molar-refractivity contribution in [1.82, 2.24) is 15.5 Å². The number of methoxy groups -OCH3 is 1. The normalized spacial score (nSPS) is 15.9. The van der Waals surface area contributed by atoms with E-state index in [4.69, 9.17) is 4.74 Å². The molecule has 0 aromatic heterocycles. The Morgan fingerprint density at radius 1 is 1.00 bits per heavy atom. The van der Waals surface area contributed by atoms with E-state index in [1.54, 1.807) is 7.11 Å². The lowest BCUT2D eigenvalue weighted by Crippen LogP contribution is -2.42. The summed E-state index contributed by atoms with van der Waals surface area (Å²) in [6.07, 6.45) is 2.44. The van der Waals surface area contributed by atoms with Crippen molar-refractivity contribution in [2.24, 2.45) is 10.9 Å². The highest BCUT2D eigenvalue weighted by Gasteiger charge is 2.19. The Balaban J connectivity index is 1.36. The monoisotopic (exact) mass is 394 g/mol. The van der Waals surface area contributed by atoms with E-state index in [0.29, 0.717) is 5.92 Å². The van der Waals surface area contributed by atoms with Gasteiger partial charge in [-0.05, 0) is 62.0 Å². The van der Waals surface area contributed by atoms with Gasteiger partial charge < -0.3 is 15.4 Å². The van der Waals surface area contributed by atoms with Crippen LogP contribution in [0.5, 0.6) is 5.75 Å². The van der Waals surface area contributed by atoms with Crippen molar-refractivity contribution in [3.05, 3.63) is 65.2 Å². The highest BCUT2D eigenvalue weighted by atomic mass is 16.5. The molecule has 1 saturated heterocycles. The quantitative estimate of drug-likeness (QED) is 0.557. The van der Waals surface area contributed by atoms with Crippen molar-refractivity contribution in [3.8, 4) is 5.75 Å². The van der Waals surface area contributed by atoms with Crippen molar-refractivity contribution in [2.45, 2.75) is 32.9 Å². The molecule has 156 valence electrons. The summed E-state index contributed by atoms with van der Waals surface area (Å²) in [5, 5.41) is 6.92. The minimum absolute atomic E-state index is 0.694. The summed E-state index contributed by atoms with van der Waals surface area (Å²) in [7, 11) is 3.54. The molecule has 0 spiro atoms. The van der Waals surface area contributed by atoms with Crippen LogP contribution in [0.1, 0.15) is 29.5 Å². The van der Waals surface area contributed by atoms with E-state index in [1.165, 1.54) is 29.5 Å². The lowest BCUT2D eigenvalue weighted by molar-refractivity contribution is 0.178. The van der Waals surface area contributed by atoms with Crippen LogP contribution < -0.4 is 15.4 Å². The van der Waals surface area contributed by atoms with Gasteiger partial charge in [0.25, 0.3) is 0 Å². The molecule has 0 bridgehead atoms. The Bertz CT molecular complexity index is 762. The molecule has 2 aromatic rings. The number of hydrogen-bond donors (Lipinski definition) is 2. The molecule has 1 aliphatic heterocycles. The van der Waals surface area contributed by atoms with Gasteiger partial charge in [0.1, 0.15) is 5.75 Å². The summed E-state index contributed by atoms with van der Waals surface area (Å²) in [6, 6.07) is 17.0. The van der Waals surface area contributed by atoms with Crippen LogP contribution in [-0.2, 0) is 13.1 Å². The second-order valence-corrected chi connectivity index (χ2v) is 7.86. The van der Waals surface area contributed by atoms with Crippen molar-refractivity contribution in [1.29, 1.82) is 0 Å². The third kappa shape index (κ3) is 6.79. The highest BCUT2D eigenvalue weighted by Crippen LogP contribution is 2.19. The molecule has 1 fully saturated rings. The number of nitrogens with one attached hydrogen (secondary N) is 2. The SMILES string of the molecule is CN=C(NCc1ccc(C)cc1)NCC1CCN(Cc2ccc(OC)cc2)CC1. The molecule has 1 aliphatic rings. The number of nitrogens with zero attached hydrogens (tertiary/aromatic N) is 2. The predicted octanol–water partition coefficient (Wildman–Crippen LogP) is 3.58. The van der Waals surface area contributed by atoms with Gasteiger partial charge in [-0.1, -0.05) is 42.0 Å². The first-order valence-electron chi connectivity index (χ1n) is 10.5. The Hall–Kier alpha value is -2.53. The minimum atomic E-state index is 0.694. The summed E-state index contributed by atoms with van der Waals surface area (Å²) in [5.74, 6) is 2.49. The molecule has 0 radical (unpaired) electrons. The van der Waals surface area contributed by atoms with Crippen LogP contribution >= 0.6 is 0 Å². The van der Waals surface area contributed by atoms with Gasteiger partial charge >= 0.3 is 0 Å². The number of benzene rings is 2. The predicted molar refractivity (Wildman–Crippen MR) is 120 cm³/mol. The van der Waals surface area contributed by atoms with Gasteiger partial charge in [-0.25, -0.2) is 0 Å². The number of aryl methyl sites for hydroxylation is 1. The van der Waals surface area contributed by atoms with Gasteiger partial charge in [-0.3, -0.25) is 9.89 Å². The average Bonchev–Trinajstić information content (AvgIpc) is 2.76. The molecule has 3 rings (SSSR count). The van der Waals surface area contributed by atoms with Gasteiger partial charge in [0, 0.05) is 26.7 Å². The topological polar surface area (TPSA) is 48.9 Å². The Morgan fingerprint density at radius 3 is 2.28 bits per heavy atom. The number of aliphatic imine (C=N–C) groups is 1. The molecular formula is C24H34N4O. The van der Waals surface area contributed by atoms with E-state index in [2.05, 4.69) is 63.8 Å². The number of piperidine rings is 1. The van der Waals surface area contributed by atoms with E-state index < -0.39 is 0 Å².